The van der Waals surface area contributed by atoms with Gasteiger partial charge in [0.2, 0.25) is 0 Å². The fourth-order valence-corrected chi connectivity index (χ4v) is 2.97. The van der Waals surface area contributed by atoms with Crippen molar-refractivity contribution < 1.29 is 14.6 Å². The first-order valence-corrected chi connectivity index (χ1v) is 9.31. The maximum absolute atomic E-state index is 10.0. The molecule has 0 spiro atoms. The number of methoxy groups -OCH3 is 1. The second kappa shape index (κ2) is 11.3. The standard InChI is InChI=1S/C20H26BrNO3/c1-24-12-10-17-7-8-20(19(21)13-17)25-15-18(23)14-22-11-9-16-5-3-2-4-6-16/h2-8,13,18,22-23H,9-12,14-15H2,1H3. The van der Waals surface area contributed by atoms with Crippen molar-refractivity contribution in [3.05, 3.63) is 64.1 Å². The van der Waals surface area contributed by atoms with Gasteiger partial charge in [-0.05, 0) is 58.6 Å². The summed E-state index contributed by atoms with van der Waals surface area (Å²) in [6, 6.07) is 16.3. The highest BCUT2D eigenvalue weighted by Gasteiger charge is 2.08. The topological polar surface area (TPSA) is 50.7 Å². The van der Waals surface area contributed by atoms with Gasteiger partial charge < -0.3 is 19.9 Å². The molecule has 0 aliphatic carbocycles. The molecule has 0 saturated heterocycles. The number of rotatable bonds is 11. The molecular weight excluding hydrogens is 382 g/mol. The maximum atomic E-state index is 10.0. The molecule has 4 nitrogen and oxygen atoms in total. The van der Waals surface area contributed by atoms with E-state index in [1.165, 1.54) is 11.1 Å². The Morgan fingerprint density at radius 2 is 1.88 bits per heavy atom. The minimum Gasteiger partial charge on any atom is -0.490 e. The second-order valence-electron chi connectivity index (χ2n) is 5.91. The number of nitrogens with one attached hydrogen (secondary N) is 1. The van der Waals surface area contributed by atoms with E-state index in [0.29, 0.717) is 13.2 Å². The zero-order valence-electron chi connectivity index (χ0n) is 14.6. The molecule has 0 aliphatic rings. The summed E-state index contributed by atoms with van der Waals surface area (Å²) in [5.41, 5.74) is 2.47. The van der Waals surface area contributed by atoms with Crippen LogP contribution >= 0.6 is 15.9 Å². The van der Waals surface area contributed by atoms with Crippen LogP contribution in [0.4, 0.5) is 0 Å². The fraction of sp³-hybridized carbons (Fsp3) is 0.400. The van der Waals surface area contributed by atoms with Gasteiger partial charge in [-0.2, -0.15) is 0 Å². The van der Waals surface area contributed by atoms with E-state index in [0.717, 1.165) is 29.6 Å². The van der Waals surface area contributed by atoms with Crippen molar-refractivity contribution in [3.63, 3.8) is 0 Å². The fourth-order valence-electron chi connectivity index (χ4n) is 2.43. The molecule has 1 atom stereocenters. The number of ether oxygens (including phenoxy) is 2. The molecule has 25 heavy (non-hydrogen) atoms. The van der Waals surface area contributed by atoms with Gasteiger partial charge in [0.25, 0.3) is 0 Å². The molecule has 2 aromatic rings. The van der Waals surface area contributed by atoms with Crippen LogP contribution < -0.4 is 10.1 Å². The predicted octanol–water partition coefficient (Wildman–Crippen LogP) is 3.21. The van der Waals surface area contributed by atoms with Crippen LogP contribution in [-0.2, 0) is 17.6 Å². The molecule has 2 aromatic carbocycles. The third-order valence-corrected chi connectivity index (χ3v) is 4.46. The molecule has 2 rings (SSSR count). The minimum atomic E-state index is -0.546. The summed E-state index contributed by atoms with van der Waals surface area (Å²) >= 11 is 3.52. The molecule has 0 amide bonds. The lowest BCUT2D eigenvalue weighted by molar-refractivity contribution is 0.106. The van der Waals surface area contributed by atoms with Crippen molar-refractivity contribution in [3.8, 4) is 5.75 Å². The molecule has 0 aromatic heterocycles. The Morgan fingerprint density at radius 3 is 2.60 bits per heavy atom. The van der Waals surface area contributed by atoms with E-state index in [4.69, 9.17) is 9.47 Å². The highest BCUT2D eigenvalue weighted by atomic mass is 79.9. The Kier molecular flexibility index (Phi) is 8.97. The number of hydrogen-bond donors (Lipinski definition) is 2. The average molecular weight is 408 g/mol. The molecule has 2 N–H and O–H groups in total. The van der Waals surface area contributed by atoms with E-state index in [1.54, 1.807) is 7.11 Å². The van der Waals surface area contributed by atoms with Crippen molar-refractivity contribution >= 4 is 15.9 Å². The van der Waals surface area contributed by atoms with Crippen LogP contribution in [0.3, 0.4) is 0 Å². The summed E-state index contributed by atoms with van der Waals surface area (Å²) in [6.45, 7) is 2.30. The van der Waals surface area contributed by atoms with Crippen molar-refractivity contribution in [2.45, 2.75) is 18.9 Å². The first-order chi connectivity index (χ1) is 12.2. The first kappa shape index (κ1) is 19.9. The van der Waals surface area contributed by atoms with E-state index < -0.39 is 6.10 Å². The zero-order chi connectivity index (χ0) is 17.9. The molecule has 0 saturated carbocycles. The molecule has 0 bridgehead atoms. The third kappa shape index (κ3) is 7.57. The number of aliphatic hydroxyl groups excluding tert-OH is 1. The lowest BCUT2D eigenvalue weighted by Crippen LogP contribution is -2.32. The van der Waals surface area contributed by atoms with E-state index >= 15 is 0 Å². The Hall–Kier alpha value is -1.40. The molecule has 0 aliphatic heterocycles. The quantitative estimate of drug-likeness (QED) is 0.561. The first-order valence-electron chi connectivity index (χ1n) is 8.52. The van der Waals surface area contributed by atoms with Gasteiger partial charge in [-0.15, -0.1) is 0 Å². The van der Waals surface area contributed by atoms with Crippen LogP contribution in [0.1, 0.15) is 11.1 Å². The van der Waals surface area contributed by atoms with Crippen molar-refractivity contribution in [1.82, 2.24) is 5.32 Å². The van der Waals surface area contributed by atoms with Crippen LogP contribution in [-0.4, -0.2) is 44.6 Å². The van der Waals surface area contributed by atoms with Gasteiger partial charge in [0.05, 0.1) is 11.1 Å². The van der Waals surface area contributed by atoms with Crippen molar-refractivity contribution in [2.75, 3.05) is 33.4 Å². The van der Waals surface area contributed by atoms with Gasteiger partial charge in [0, 0.05) is 13.7 Å². The summed E-state index contributed by atoms with van der Waals surface area (Å²) in [6.07, 6.45) is 1.27. The van der Waals surface area contributed by atoms with Crippen LogP contribution in [0.25, 0.3) is 0 Å². The number of benzene rings is 2. The molecule has 136 valence electrons. The average Bonchev–Trinajstić information content (AvgIpc) is 2.63. The van der Waals surface area contributed by atoms with Gasteiger partial charge in [0.1, 0.15) is 18.5 Å². The molecule has 0 heterocycles. The largest absolute Gasteiger partial charge is 0.490 e. The van der Waals surface area contributed by atoms with E-state index in [2.05, 4.69) is 33.4 Å². The van der Waals surface area contributed by atoms with E-state index in [-0.39, 0.29) is 6.61 Å². The van der Waals surface area contributed by atoms with E-state index in [9.17, 15) is 5.11 Å². The van der Waals surface area contributed by atoms with E-state index in [1.807, 2.05) is 36.4 Å². The Balaban J connectivity index is 1.66. The highest BCUT2D eigenvalue weighted by molar-refractivity contribution is 9.10. The number of aliphatic hydroxyl groups is 1. The van der Waals surface area contributed by atoms with Crippen LogP contribution in [0.2, 0.25) is 0 Å². The summed E-state index contributed by atoms with van der Waals surface area (Å²) in [7, 11) is 1.70. The lowest BCUT2D eigenvalue weighted by Gasteiger charge is -2.15. The van der Waals surface area contributed by atoms with Crippen LogP contribution in [0, 0.1) is 0 Å². The summed E-state index contributed by atoms with van der Waals surface area (Å²) in [5, 5.41) is 13.3. The minimum absolute atomic E-state index is 0.258. The van der Waals surface area contributed by atoms with Crippen molar-refractivity contribution in [1.29, 1.82) is 0 Å². The SMILES string of the molecule is COCCc1ccc(OCC(O)CNCCc2ccccc2)c(Br)c1. The van der Waals surface area contributed by atoms with Crippen LogP contribution in [0.15, 0.2) is 53.0 Å². The Labute approximate surface area is 158 Å². The normalized spacial score (nSPS) is 12.1. The second-order valence-corrected chi connectivity index (χ2v) is 6.77. The zero-order valence-corrected chi connectivity index (χ0v) is 16.2. The molecule has 1 unspecified atom stereocenters. The molecular formula is C20H26BrNO3. The summed E-state index contributed by atoms with van der Waals surface area (Å²) < 4.78 is 11.7. The van der Waals surface area contributed by atoms with Gasteiger partial charge in [0.15, 0.2) is 0 Å². The lowest BCUT2D eigenvalue weighted by atomic mass is 10.1. The maximum Gasteiger partial charge on any atom is 0.133 e. The highest BCUT2D eigenvalue weighted by Crippen LogP contribution is 2.26. The molecule has 5 heteroatoms. The summed E-state index contributed by atoms with van der Waals surface area (Å²) in [4.78, 5) is 0. The van der Waals surface area contributed by atoms with Gasteiger partial charge in [-0.3, -0.25) is 0 Å². The Bertz CT molecular complexity index is 622. The monoisotopic (exact) mass is 407 g/mol. The predicted molar refractivity (Wildman–Crippen MR) is 104 cm³/mol. The third-order valence-electron chi connectivity index (χ3n) is 3.84. The summed E-state index contributed by atoms with van der Waals surface area (Å²) in [5.74, 6) is 0.740. The molecule has 0 fully saturated rings. The van der Waals surface area contributed by atoms with Gasteiger partial charge >= 0.3 is 0 Å². The van der Waals surface area contributed by atoms with Crippen molar-refractivity contribution in [2.24, 2.45) is 0 Å². The number of halogens is 1. The Morgan fingerprint density at radius 1 is 1.08 bits per heavy atom. The van der Waals surface area contributed by atoms with Gasteiger partial charge in [-0.25, -0.2) is 0 Å². The van der Waals surface area contributed by atoms with Gasteiger partial charge in [-0.1, -0.05) is 36.4 Å². The molecule has 0 radical (unpaired) electrons. The van der Waals surface area contributed by atoms with Crippen LogP contribution in [0.5, 0.6) is 5.75 Å². The smallest absolute Gasteiger partial charge is 0.133 e. The number of hydrogen-bond acceptors (Lipinski definition) is 4.